The molecule has 0 spiro atoms. The zero-order chi connectivity index (χ0) is 23.8. The summed E-state index contributed by atoms with van der Waals surface area (Å²) in [6.07, 6.45) is 2.46. The van der Waals surface area contributed by atoms with Crippen LogP contribution in [0.15, 0.2) is 53.3 Å². The fourth-order valence-corrected chi connectivity index (χ4v) is 3.65. The molecule has 0 bridgehead atoms. The number of hydrogen-bond acceptors (Lipinski definition) is 7. The first-order chi connectivity index (χ1) is 16.6. The highest BCUT2D eigenvalue weighted by Crippen LogP contribution is 2.20. The predicted octanol–water partition coefficient (Wildman–Crippen LogP) is 2.65. The van der Waals surface area contributed by atoms with E-state index in [1.807, 2.05) is 36.4 Å². The smallest absolute Gasteiger partial charge is 0.273 e. The quantitative estimate of drug-likeness (QED) is 0.474. The van der Waals surface area contributed by atoms with Crippen molar-refractivity contribution >= 4 is 5.91 Å². The zero-order valence-electron chi connectivity index (χ0n) is 19.1. The van der Waals surface area contributed by atoms with Crippen molar-refractivity contribution in [3.8, 4) is 22.9 Å². The van der Waals surface area contributed by atoms with Crippen LogP contribution in [0, 0.1) is 0 Å². The Balaban J connectivity index is 1.29. The molecule has 4 rings (SSSR count). The molecular weight excluding hydrogens is 436 g/mol. The fourth-order valence-electron chi connectivity index (χ4n) is 3.65. The number of carbonyl (C=O) groups excluding carboxylic acids is 1. The Morgan fingerprint density at radius 3 is 2.76 bits per heavy atom. The highest BCUT2D eigenvalue weighted by Gasteiger charge is 2.16. The minimum Gasteiger partial charge on any atom is -0.497 e. The van der Waals surface area contributed by atoms with Crippen LogP contribution in [0.1, 0.15) is 30.5 Å². The van der Waals surface area contributed by atoms with Crippen molar-refractivity contribution in [3.63, 3.8) is 0 Å². The first-order valence-electron chi connectivity index (χ1n) is 11.3. The first-order valence-corrected chi connectivity index (χ1v) is 11.3. The van der Waals surface area contributed by atoms with Crippen LogP contribution < -0.4 is 20.3 Å². The lowest BCUT2D eigenvalue weighted by atomic mass is 10.2. The molecule has 3 aromatic rings. The van der Waals surface area contributed by atoms with Crippen LogP contribution in [-0.2, 0) is 22.6 Å². The van der Waals surface area contributed by atoms with Gasteiger partial charge < -0.3 is 24.5 Å². The molecule has 0 saturated carbocycles. The largest absolute Gasteiger partial charge is 0.497 e. The molecule has 9 nitrogen and oxygen atoms in total. The summed E-state index contributed by atoms with van der Waals surface area (Å²) in [5.74, 6) is 1.69. The maximum Gasteiger partial charge on any atom is 0.273 e. The van der Waals surface area contributed by atoms with Gasteiger partial charge >= 0.3 is 0 Å². The van der Waals surface area contributed by atoms with Gasteiger partial charge in [-0.2, -0.15) is 0 Å². The van der Waals surface area contributed by atoms with E-state index < -0.39 is 0 Å². The van der Waals surface area contributed by atoms with E-state index in [2.05, 4.69) is 20.5 Å². The van der Waals surface area contributed by atoms with E-state index in [-0.39, 0.29) is 36.1 Å². The molecule has 1 aromatic heterocycles. The van der Waals surface area contributed by atoms with E-state index in [1.54, 1.807) is 19.2 Å². The summed E-state index contributed by atoms with van der Waals surface area (Å²) in [6.45, 7) is 1.65. The molecule has 34 heavy (non-hydrogen) atoms. The van der Waals surface area contributed by atoms with E-state index in [4.69, 9.17) is 14.2 Å². The van der Waals surface area contributed by atoms with E-state index in [0.29, 0.717) is 30.3 Å². The summed E-state index contributed by atoms with van der Waals surface area (Å²) < 4.78 is 16.5. The SMILES string of the molecule is COc1cccc(COc2ccc(-c3nnc(CCC(=O)NC[C@H]4CCCO4)c(=O)[nH]3)cc2)c1. The number of hydrogen-bond donors (Lipinski definition) is 2. The summed E-state index contributed by atoms with van der Waals surface area (Å²) >= 11 is 0. The van der Waals surface area contributed by atoms with Crippen LogP contribution in [0.2, 0.25) is 0 Å². The van der Waals surface area contributed by atoms with Crippen LogP contribution in [0.4, 0.5) is 0 Å². The minimum absolute atomic E-state index is 0.0880. The standard InChI is InChI=1S/C25H28N4O5/c1-32-20-5-2-4-17(14-20)16-34-19-9-7-18(8-10-19)24-27-25(31)22(28-29-24)11-12-23(30)26-15-21-6-3-13-33-21/h2,4-5,7-10,14,21H,3,6,11-13,15-16H2,1H3,(H,26,30)(H,27,29,31)/t21-/m1/s1. The number of aryl methyl sites for hydroxylation is 1. The Hall–Kier alpha value is -3.72. The molecule has 178 valence electrons. The number of benzene rings is 2. The number of aromatic nitrogens is 3. The zero-order valence-corrected chi connectivity index (χ0v) is 19.1. The number of nitrogens with one attached hydrogen (secondary N) is 2. The molecule has 0 aliphatic carbocycles. The number of aromatic amines is 1. The van der Waals surface area contributed by atoms with Gasteiger partial charge in [-0.1, -0.05) is 12.1 Å². The van der Waals surface area contributed by atoms with Crippen LogP contribution >= 0.6 is 0 Å². The summed E-state index contributed by atoms with van der Waals surface area (Å²) in [5.41, 5.74) is 1.58. The van der Waals surface area contributed by atoms with Crippen LogP contribution in [0.5, 0.6) is 11.5 Å². The highest BCUT2D eigenvalue weighted by atomic mass is 16.5. The second-order valence-electron chi connectivity index (χ2n) is 8.05. The molecule has 1 aliphatic heterocycles. The molecule has 2 N–H and O–H groups in total. The average molecular weight is 465 g/mol. The van der Waals surface area contributed by atoms with E-state index in [1.165, 1.54) is 0 Å². The molecule has 9 heteroatoms. The van der Waals surface area contributed by atoms with Gasteiger partial charge in [-0.05, 0) is 54.8 Å². The normalized spacial score (nSPS) is 15.1. The van der Waals surface area contributed by atoms with E-state index in [9.17, 15) is 9.59 Å². The lowest BCUT2D eigenvalue weighted by Gasteiger charge is -2.10. The molecular formula is C25H28N4O5. The van der Waals surface area contributed by atoms with Gasteiger partial charge in [0.2, 0.25) is 5.91 Å². The van der Waals surface area contributed by atoms with E-state index in [0.717, 1.165) is 30.8 Å². The molecule has 0 radical (unpaired) electrons. The molecule has 2 aromatic carbocycles. The Morgan fingerprint density at radius 1 is 1.18 bits per heavy atom. The van der Waals surface area contributed by atoms with Crippen molar-refractivity contribution in [1.82, 2.24) is 20.5 Å². The van der Waals surface area contributed by atoms with Crippen LogP contribution in [0.3, 0.4) is 0 Å². The van der Waals surface area contributed by atoms with Crippen molar-refractivity contribution in [2.45, 2.75) is 38.4 Å². The van der Waals surface area contributed by atoms with Crippen LogP contribution in [0.25, 0.3) is 11.4 Å². The maximum absolute atomic E-state index is 12.4. The third kappa shape index (κ3) is 6.41. The third-order valence-corrected chi connectivity index (χ3v) is 5.57. The summed E-state index contributed by atoms with van der Waals surface area (Å²) in [7, 11) is 1.63. The Bertz CT molecular complexity index is 1160. The average Bonchev–Trinajstić information content (AvgIpc) is 3.40. The molecule has 2 heterocycles. The predicted molar refractivity (Wildman–Crippen MR) is 126 cm³/mol. The second kappa shape index (κ2) is 11.4. The lowest BCUT2D eigenvalue weighted by molar-refractivity contribution is -0.121. The van der Waals surface area contributed by atoms with E-state index >= 15 is 0 Å². The first kappa shape index (κ1) is 23.4. The highest BCUT2D eigenvalue weighted by molar-refractivity contribution is 5.76. The monoisotopic (exact) mass is 464 g/mol. The minimum atomic E-state index is -0.352. The van der Waals surface area contributed by atoms with Crippen molar-refractivity contribution in [3.05, 3.63) is 70.1 Å². The van der Waals surface area contributed by atoms with Gasteiger partial charge in [-0.3, -0.25) is 9.59 Å². The molecule has 1 saturated heterocycles. The van der Waals surface area contributed by atoms with Crippen molar-refractivity contribution in [2.24, 2.45) is 0 Å². The summed E-state index contributed by atoms with van der Waals surface area (Å²) in [6, 6.07) is 14.9. The number of carbonyl (C=O) groups is 1. The Kier molecular flexibility index (Phi) is 7.87. The van der Waals surface area contributed by atoms with Crippen molar-refractivity contribution in [2.75, 3.05) is 20.3 Å². The van der Waals surface area contributed by atoms with Gasteiger partial charge in [-0.15, -0.1) is 10.2 Å². The number of ether oxygens (including phenoxy) is 3. The topological polar surface area (TPSA) is 115 Å². The Labute approximate surface area is 197 Å². The summed E-state index contributed by atoms with van der Waals surface area (Å²) in [5, 5.41) is 11.0. The number of nitrogens with zero attached hydrogens (tertiary/aromatic N) is 2. The number of H-pyrrole nitrogens is 1. The van der Waals surface area contributed by atoms with Gasteiger partial charge in [0.25, 0.3) is 5.56 Å². The molecule has 1 amide bonds. The molecule has 1 fully saturated rings. The van der Waals surface area contributed by atoms with Gasteiger partial charge in [0, 0.05) is 31.6 Å². The van der Waals surface area contributed by atoms with Crippen molar-refractivity contribution < 1.29 is 19.0 Å². The molecule has 1 atom stereocenters. The van der Waals surface area contributed by atoms with Crippen molar-refractivity contribution in [1.29, 1.82) is 0 Å². The molecule has 0 unspecified atom stereocenters. The van der Waals surface area contributed by atoms with Gasteiger partial charge in [0.05, 0.1) is 13.2 Å². The maximum atomic E-state index is 12.4. The fraction of sp³-hybridized carbons (Fsp3) is 0.360. The van der Waals surface area contributed by atoms with Gasteiger partial charge in [0.1, 0.15) is 23.8 Å². The number of rotatable bonds is 10. The molecule has 1 aliphatic rings. The number of amides is 1. The van der Waals surface area contributed by atoms with Gasteiger partial charge in [0.15, 0.2) is 5.82 Å². The summed E-state index contributed by atoms with van der Waals surface area (Å²) in [4.78, 5) is 27.2. The number of methoxy groups -OCH3 is 1. The second-order valence-corrected chi connectivity index (χ2v) is 8.05. The van der Waals surface area contributed by atoms with Gasteiger partial charge in [-0.25, -0.2) is 0 Å². The lowest BCUT2D eigenvalue weighted by Crippen LogP contribution is -2.32. The third-order valence-electron chi connectivity index (χ3n) is 5.57. The van der Waals surface area contributed by atoms with Crippen LogP contribution in [-0.4, -0.2) is 47.5 Å². The Morgan fingerprint density at radius 2 is 2.03 bits per heavy atom.